The number of carbonyl (C=O) groups is 1. The molecule has 0 saturated heterocycles. The van der Waals surface area contributed by atoms with E-state index >= 15 is 0 Å². The molecule has 3 rings (SSSR count). The first-order chi connectivity index (χ1) is 14.2. The van der Waals surface area contributed by atoms with Gasteiger partial charge < -0.3 is 5.32 Å². The Hall–Kier alpha value is -2.98. The minimum atomic E-state index is -3.83. The van der Waals surface area contributed by atoms with Gasteiger partial charge in [0.2, 0.25) is 11.9 Å². The molecule has 0 spiro atoms. The van der Waals surface area contributed by atoms with Gasteiger partial charge in [0.25, 0.3) is 10.0 Å². The van der Waals surface area contributed by atoms with Crippen LogP contribution < -0.4 is 10.0 Å². The number of nitrogens with zero attached hydrogens (tertiary/aromatic N) is 4. The largest absolute Gasteiger partial charge is 0.326 e. The van der Waals surface area contributed by atoms with Gasteiger partial charge >= 0.3 is 0 Å². The lowest BCUT2D eigenvalue weighted by molar-refractivity contribution is -0.119. The van der Waals surface area contributed by atoms with E-state index in [0.29, 0.717) is 22.9 Å². The number of nitrogens with one attached hydrogen (secondary N) is 2. The van der Waals surface area contributed by atoms with Crippen molar-refractivity contribution in [2.75, 3.05) is 10.0 Å². The molecular weight excluding hydrogens is 428 g/mol. The lowest BCUT2D eigenvalue weighted by Gasteiger charge is -2.14. The summed E-state index contributed by atoms with van der Waals surface area (Å²) < 4.78 is 28.8. The molecule has 9 nitrogen and oxygen atoms in total. The number of rotatable bonds is 7. The molecule has 2 aromatic heterocycles. The lowest BCUT2D eigenvalue weighted by Crippen LogP contribution is -2.25. The van der Waals surface area contributed by atoms with Crippen LogP contribution in [0.15, 0.2) is 47.6 Å². The highest BCUT2D eigenvalue weighted by molar-refractivity contribution is 7.92. The van der Waals surface area contributed by atoms with Crippen molar-refractivity contribution in [2.45, 2.75) is 32.2 Å². The molecule has 11 heteroatoms. The predicted octanol–water partition coefficient (Wildman–Crippen LogP) is 3.02. The van der Waals surface area contributed by atoms with Gasteiger partial charge in [-0.25, -0.2) is 23.1 Å². The monoisotopic (exact) mass is 448 g/mol. The molecular formula is C19H21ClN6O3S. The van der Waals surface area contributed by atoms with Crippen LogP contribution in [0.1, 0.15) is 18.3 Å². The Morgan fingerprint density at radius 1 is 1.17 bits per heavy atom. The fraction of sp³-hybridized carbons (Fsp3) is 0.263. The molecule has 3 aromatic rings. The second kappa shape index (κ2) is 8.80. The van der Waals surface area contributed by atoms with E-state index in [1.165, 1.54) is 36.7 Å². The Morgan fingerprint density at radius 3 is 2.37 bits per heavy atom. The van der Waals surface area contributed by atoms with Crippen LogP contribution >= 0.6 is 11.6 Å². The van der Waals surface area contributed by atoms with Gasteiger partial charge in [-0.2, -0.15) is 5.10 Å². The normalized spacial score (nSPS) is 12.4. The number of hydrogen-bond acceptors (Lipinski definition) is 6. The summed E-state index contributed by atoms with van der Waals surface area (Å²) in [4.78, 5) is 20.2. The zero-order valence-electron chi connectivity index (χ0n) is 16.6. The van der Waals surface area contributed by atoms with Gasteiger partial charge in [-0.15, -0.1) is 0 Å². The number of anilines is 2. The molecule has 2 N–H and O–H groups in total. The van der Waals surface area contributed by atoms with Gasteiger partial charge in [-0.3, -0.25) is 9.48 Å². The summed E-state index contributed by atoms with van der Waals surface area (Å²) in [5.74, 6) is -0.613. The first-order valence-corrected chi connectivity index (χ1v) is 10.9. The van der Waals surface area contributed by atoms with Crippen molar-refractivity contribution in [1.29, 1.82) is 0 Å². The predicted molar refractivity (Wildman–Crippen MR) is 114 cm³/mol. The molecule has 1 aromatic carbocycles. The SMILES string of the molecule is Cc1nn(CC(C)C(=O)Nc2ccc(S(=O)(=O)Nc3ncccn3)cc2)c(C)c1Cl. The van der Waals surface area contributed by atoms with E-state index in [0.717, 1.165) is 5.69 Å². The van der Waals surface area contributed by atoms with Gasteiger partial charge in [0.15, 0.2) is 0 Å². The molecule has 0 aliphatic carbocycles. The Kier molecular flexibility index (Phi) is 6.37. The highest BCUT2D eigenvalue weighted by Gasteiger charge is 2.19. The molecule has 30 heavy (non-hydrogen) atoms. The topological polar surface area (TPSA) is 119 Å². The molecule has 1 unspecified atom stereocenters. The summed E-state index contributed by atoms with van der Waals surface area (Å²) in [6.45, 7) is 5.81. The third-order valence-electron chi connectivity index (χ3n) is 4.41. The van der Waals surface area contributed by atoms with Crippen LogP contribution in [0.5, 0.6) is 0 Å². The summed E-state index contributed by atoms with van der Waals surface area (Å²) in [6, 6.07) is 7.41. The smallest absolute Gasteiger partial charge is 0.264 e. The van der Waals surface area contributed by atoms with E-state index in [-0.39, 0.29) is 22.7 Å². The number of aromatic nitrogens is 4. The summed E-state index contributed by atoms with van der Waals surface area (Å²) in [5.41, 5.74) is 2.00. The van der Waals surface area contributed by atoms with Gasteiger partial charge in [0.1, 0.15) is 0 Å². The van der Waals surface area contributed by atoms with Crippen molar-refractivity contribution >= 4 is 39.2 Å². The molecule has 0 radical (unpaired) electrons. The maximum atomic E-state index is 12.5. The van der Waals surface area contributed by atoms with E-state index in [2.05, 4.69) is 25.1 Å². The van der Waals surface area contributed by atoms with Crippen LogP contribution in [0.25, 0.3) is 0 Å². The Bertz CT molecular complexity index is 1150. The molecule has 1 amide bonds. The molecule has 0 bridgehead atoms. The van der Waals surface area contributed by atoms with Crippen molar-refractivity contribution in [3.63, 3.8) is 0 Å². The van der Waals surface area contributed by atoms with Crippen molar-refractivity contribution in [1.82, 2.24) is 19.7 Å². The van der Waals surface area contributed by atoms with Crippen molar-refractivity contribution in [2.24, 2.45) is 5.92 Å². The lowest BCUT2D eigenvalue weighted by atomic mass is 10.1. The molecule has 1 atom stereocenters. The molecule has 0 saturated carbocycles. The van der Waals surface area contributed by atoms with Crippen LogP contribution in [0.4, 0.5) is 11.6 Å². The highest BCUT2D eigenvalue weighted by Crippen LogP contribution is 2.21. The minimum Gasteiger partial charge on any atom is -0.326 e. The van der Waals surface area contributed by atoms with Crippen molar-refractivity contribution < 1.29 is 13.2 Å². The number of sulfonamides is 1. The number of hydrogen-bond donors (Lipinski definition) is 2. The summed E-state index contributed by atoms with van der Waals surface area (Å²) >= 11 is 6.15. The zero-order chi connectivity index (χ0) is 21.9. The average molecular weight is 449 g/mol. The van der Waals surface area contributed by atoms with Crippen LogP contribution in [-0.2, 0) is 21.4 Å². The molecule has 0 aliphatic heterocycles. The maximum Gasteiger partial charge on any atom is 0.264 e. The average Bonchev–Trinajstić information content (AvgIpc) is 2.95. The standard InChI is InChI=1S/C19H21ClN6O3S/c1-12(11-26-14(3)17(20)13(2)24-26)18(27)23-15-5-7-16(8-6-15)30(28,29)25-19-21-9-4-10-22-19/h4-10,12H,11H2,1-3H3,(H,23,27)(H,21,22,25). The van der Waals surface area contributed by atoms with Crippen molar-refractivity contribution in [3.05, 3.63) is 59.1 Å². The van der Waals surface area contributed by atoms with Crippen molar-refractivity contribution in [3.8, 4) is 0 Å². The number of aryl methyl sites for hydroxylation is 1. The van der Waals surface area contributed by atoms with E-state index in [1.54, 1.807) is 17.7 Å². The van der Waals surface area contributed by atoms with Gasteiger partial charge in [-0.05, 0) is 44.2 Å². The van der Waals surface area contributed by atoms with E-state index < -0.39 is 10.0 Å². The van der Waals surface area contributed by atoms with Gasteiger partial charge in [0.05, 0.1) is 33.8 Å². The third-order valence-corrected chi connectivity index (χ3v) is 6.30. The fourth-order valence-electron chi connectivity index (χ4n) is 2.71. The van der Waals surface area contributed by atoms with Crippen LogP contribution in [-0.4, -0.2) is 34.1 Å². The van der Waals surface area contributed by atoms with Gasteiger partial charge in [-0.1, -0.05) is 18.5 Å². The van der Waals surface area contributed by atoms with E-state index in [4.69, 9.17) is 11.6 Å². The Balaban J connectivity index is 1.64. The molecule has 2 heterocycles. The number of carbonyl (C=O) groups excluding carboxylic acids is 1. The minimum absolute atomic E-state index is 0.0204. The van der Waals surface area contributed by atoms with Gasteiger partial charge in [0, 0.05) is 18.1 Å². The molecule has 0 fully saturated rings. The zero-order valence-corrected chi connectivity index (χ0v) is 18.2. The second-order valence-corrected chi connectivity index (χ2v) is 8.82. The number of benzene rings is 1. The quantitative estimate of drug-likeness (QED) is 0.573. The second-order valence-electron chi connectivity index (χ2n) is 6.76. The van der Waals surface area contributed by atoms with E-state index in [9.17, 15) is 13.2 Å². The number of halogens is 1. The third kappa shape index (κ3) is 4.95. The van der Waals surface area contributed by atoms with Crippen LogP contribution in [0, 0.1) is 19.8 Å². The number of amides is 1. The van der Waals surface area contributed by atoms with Crippen LogP contribution in [0.3, 0.4) is 0 Å². The summed E-state index contributed by atoms with van der Waals surface area (Å²) in [7, 11) is -3.83. The first-order valence-electron chi connectivity index (χ1n) is 9.07. The molecule has 158 valence electrons. The Morgan fingerprint density at radius 2 is 1.80 bits per heavy atom. The fourth-order valence-corrected chi connectivity index (χ4v) is 3.80. The Labute approximate surface area is 179 Å². The first kappa shape index (κ1) is 21.7. The molecule has 0 aliphatic rings. The summed E-state index contributed by atoms with van der Waals surface area (Å²) in [5, 5.41) is 7.70. The van der Waals surface area contributed by atoms with E-state index in [1.807, 2.05) is 13.8 Å². The van der Waals surface area contributed by atoms with Crippen LogP contribution in [0.2, 0.25) is 5.02 Å². The highest BCUT2D eigenvalue weighted by atomic mass is 35.5. The maximum absolute atomic E-state index is 12.5. The summed E-state index contributed by atoms with van der Waals surface area (Å²) in [6.07, 6.45) is 2.87.